The highest BCUT2D eigenvalue weighted by Crippen LogP contribution is 2.32. The Bertz CT molecular complexity index is 1070. The van der Waals surface area contributed by atoms with Gasteiger partial charge in [0.25, 0.3) is 17.3 Å². The average Bonchev–Trinajstić information content (AvgIpc) is 2.84. The number of ether oxygens (including phenoxy) is 1. The lowest BCUT2D eigenvalue weighted by Crippen LogP contribution is -2.43. The number of amides is 1. The Morgan fingerprint density at radius 3 is 2.24 bits per heavy atom. The second-order valence-corrected chi connectivity index (χ2v) is 7.71. The van der Waals surface area contributed by atoms with Crippen LogP contribution in [0.4, 0.5) is 28.4 Å². The maximum Gasteiger partial charge on any atom is 0.294 e. The zero-order chi connectivity index (χ0) is 23.4. The van der Waals surface area contributed by atoms with Gasteiger partial charge in [-0.15, -0.1) is 0 Å². The molecule has 1 amide bonds. The van der Waals surface area contributed by atoms with Crippen molar-refractivity contribution in [1.29, 1.82) is 0 Å². The third kappa shape index (κ3) is 5.02. The van der Waals surface area contributed by atoms with E-state index in [0.29, 0.717) is 50.8 Å². The van der Waals surface area contributed by atoms with Gasteiger partial charge < -0.3 is 25.2 Å². The van der Waals surface area contributed by atoms with Gasteiger partial charge in [0.1, 0.15) is 5.69 Å². The van der Waals surface area contributed by atoms with E-state index in [4.69, 9.17) is 4.74 Å². The third-order valence-electron chi connectivity index (χ3n) is 5.68. The van der Waals surface area contributed by atoms with E-state index in [1.165, 1.54) is 18.2 Å². The number of non-ortho nitro benzene ring substituents is 1. The van der Waals surface area contributed by atoms with Gasteiger partial charge in [-0.25, -0.2) is 0 Å². The number of nitro groups is 2. The minimum absolute atomic E-state index is 0.109. The Balaban J connectivity index is 1.63. The van der Waals surface area contributed by atoms with E-state index < -0.39 is 15.8 Å². The molecule has 174 valence electrons. The van der Waals surface area contributed by atoms with Gasteiger partial charge in [-0.05, 0) is 18.2 Å². The Morgan fingerprint density at radius 2 is 1.58 bits per heavy atom. The van der Waals surface area contributed by atoms with Crippen molar-refractivity contribution < 1.29 is 19.4 Å². The van der Waals surface area contributed by atoms with E-state index in [2.05, 4.69) is 10.6 Å². The van der Waals surface area contributed by atoms with Gasteiger partial charge in [-0.3, -0.25) is 25.0 Å². The number of carbonyl (C=O) groups excluding carboxylic acids is 1. The molecule has 0 aliphatic carbocycles. The van der Waals surface area contributed by atoms with Crippen LogP contribution in [0.15, 0.2) is 36.4 Å². The molecule has 12 heteroatoms. The molecule has 0 spiro atoms. The normalized spacial score (nSPS) is 16.4. The number of carbonyl (C=O) groups is 1. The molecule has 0 bridgehead atoms. The molecule has 2 aliphatic heterocycles. The van der Waals surface area contributed by atoms with Crippen molar-refractivity contribution in [3.63, 3.8) is 0 Å². The molecule has 2 aromatic rings. The topological polar surface area (TPSA) is 143 Å². The summed E-state index contributed by atoms with van der Waals surface area (Å²) in [5.74, 6) is -0.579. The Labute approximate surface area is 189 Å². The summed E-state index contributed by atoms with van der Waals surface area (Å²) in [6.45, 7) is 4.80. The van der Waals surface area contributed by atoms with Gasteiger partial charge in [0.2, 0.25) is 0 Å². The minimum Gasteiger partial charge on any atom is -0.378 e. The summed E-state index contributed by atoms with van der Waals surface area (Å²) < 4.78 is 5.35. The van der Waals surface area contributed by atoms with E-state index in [0.717, 1.165) is 13.1 Å². The van der Waals surface area contributed by atoms with Gasteiger partial charge in [-0.2, -0.15) is 0 Å². The fraction of sp³-hybridized carbons (Fsp3) is 0.381. The van der Waals surface area contributed by atoms with Crippen LogP contribution in [0, 0.1) is 20.2 Å². The number of hydrogen-bond donors (Lipinski definition) is 2. The fourth-order valence-electron chi connectivity index (χ4n) is 4.02. The molecule has 2 aliphatic rings. The molecule has 2 N–H and O–H groups in total. The van der Waals surface area contributed by atoms with Crippen molar-refractivity contribution >= 4 is 34.3 Å². The number of nitrogens with zero attached hydrogens (tertiary/aromatic N) is 4. The predicted molar refractivity (Wildman–Crippen MR) is 122 cm³/mol. The van der Waals surface area contributed by atoms with Gasteiger partial charge >= 0.3 is 0 Å². The van der Waals surface area contributed by atoms with Crippen LogP contribution in [0.1, 0.15) is 10.4 Å². The van der Waals surface area contributed by atoms with Gasteiger partial charge in [-0.1, -0.05) is 0 Å². The monoisotopic (exact) mass is 456 g/mol. The molecular formula is C21H24N6O6. The molecule has 0 aromatic heterocycles. The van der Waals surface area contributed by atoms with Crippen LogP contribution in [0.25, 0.3) is 0 Å². The molecule has 2 heterocycles. The molecule has 0 saturated carbocycles. The molecule has 33 heavy (non-hydrogen) atoms. The predicted octanol–water partition coefficient (Wildman–Crippen LogP) is 2.00. The first kappa shape index (κ1) is 22.4. The van der Waals surface area contributed by atoms with E-state index in [1.807, 2.05) is 9.80 Å². The summed E-state index contributed by atoms with van der Waals surface area (Å²) in [6, 6.07) is 8.68. The molecule has 2 aromatic carbocycles. The first-order valence-corrected chi connectivity index (χ1v) is 10.6. The second-order valence-electron chi connectivity index (χ2n) is 7.71. The highest BCUT2D eigenvalue weighted by Gasteiger charge is 2.25. The number of rotatable bonds is 6. The molecule has 2 fully saturated rings. The lowest BCUT2D eigenvalue weighted by molar-refractivity contribution is -0.384. The molecule has 0 unspecified atom stereocenters. The summed E-state index contributed by atoms with van der Waals surface area (Å²) >= 11 is 0. The maximum absolute atomic E-state index is 13.1. The van der Waals surface area contributed by atoms with Crippen molar-refractivity contribution in [3.05, 3.63) is 62.2 Å². The van der Waals surface area contributed by atoms with Gasteiger partial charge in [0.15, 0.2) is 0 Å². The first-order chi connectivity index (χ1) is 15.9. The summed E-state index contributed by atoms with van der Waals surface area (Å²) in [7, 11) is 0. The zero-order valence-corrected chi connectivity index (χ0v) is 17.9. The zero-order valence-electron chi connectivity index (χ0n) is 17.9. The van der Waals surface area contributed by atoms with E-state index in [9.17, 15) is 25.0 Å². The number of piperazine rings is 1. The van der Waals surface area contributed by atoms with Crippen LogP contribution in [-0.4, -0.2) is 68.2 Å². The van der Waals surface area contributed by atoms with Crippen LogP contribution in [0.3, 0.4) is 0 Å². The first-order valence-electron chi connectivity index (χ1n) is 10.6. The summed E-state index contributed by atoms with van der Waals surface area (Å²) in [6.07, 6.45) is 0. The minimum atomic E-state index is -0.579. The quantitative estimate of drug-likeness (QED) is 0.493. The Hall–Kier alpha value is -3.77. The van der Waals surface area contributed by atoms with Crippen LogP contribution < -0.4 is 20.4 Å². The van der Waals surface area contributed by atoms with E-state index in [-0.39, 0.29) is 22.6 Å². The summed E-state index contributed by atoms with van der Waals surface area (Å²) in [5.41, 5.74) is 1.08. The number of hydrogen-bond acceptors (Lipinski definition) is 9. The van der Waals surface area contributed by atoms with E-state index >= 15 is 0 Å². The van der Waals surface area contributed by atoms with Crippen LogP contribution in [0.5, 0.6) is 0 Å². The standard InChI is InChI=1S/C21H24N6O6/c28-21(17-14-16(26(29)30)2-4-18(17)25-9-11-33-12-10-25)23-15-1-3-19(20(13-15)27(31)32)24-7-5-22-6-8-24/h1-4,13-14,22H,5-12H2,(H,23,28). The van der Waals surface area contributed by atoms with Crippen molar-refractivity contribution in [2.24, 2.45) is 0 Å². The number of nitrogens with one attached hydrogen (secondary N) is 2. The molecule has 0 atom stereocenters. The molecule has 2 saturated heterocycles. The largest absolute Gasteiger partial charge is 0.378 e. The second kappa shape index (κ2) is 9.79. The van der Waals surface area contributed by atoms with E-state index in [1.54, 1.807) is 18.2 Å². The van der Waals surface area contributed by atoms with Crippen molar-refractivity contribution in [1.82, 2.24) is 5.32 Å². The SMILES string of the molecule is O=C(Nc1ccc(N2CCNCC2)c([N+](=O)[O-])c1)c1cc([N+](=O)[O-])ccc1N1CCOCC1. The van der Waals surface area contributed by atoms with Crippen molar-refractivity contribution in [2.75, 3.05) is 67.6 Å². The van der Waals surface area contributed by atoms with Crippen LogP contribution in [-0.2, 0) is 4.74 Å². The third-order valence-corrected chi connectivity index (χ3v) is 5.68. The molecule has 4 rings (SSSR count). The van der Waals surface area contributed by atoms with Crippen LogP contribution in [0.2, 0.25) is 0 Å². The Kier molecular flexibility index (Phi) is 6.66. The number of nitro benzene ring substituents is 2. The number of morpholine rings is 1. The molecule has 0 radical (unpaired) electrons. The van der Waals surface area contributed by atoms with Gasteiger partial charge in [0, 0.05) is 63.2 Å². The Morgan fingerprint density at radius 1 is 0.909 bits per heavy atom. The summed E-state index contributed by atoms with van der Waals surface area (Å²) in [5, 5.41) is 28.9. The van der Waals surface area contributed by atoms with Crippen LogP contribution >= 0.6 is 0 Å². The lowest BCUT2D eigenvalue weighted by Gasteiger charge is -2.30. The highest BCUT2D eigenvalue weighted by molar-refractivity contribution is 6.09. The van der Waals surface area contributed by atoms with Crippen molar-refractivity contribution in [3.8, 4) is 0 Å². The summed E-state index contributed by atoms with van der Waals surface area (Å²) in [4.78, 5) is 39.0. The van der Waals surface area contributed by atoms with Gasteiger partial charge in [0.05, 0.1) is 34.3 Å². The number of benzene rings is 2. The lowest BCUT2D eigenvalue weighted by atomic mass is 10.1. The highest BCUT2D eigenvalue weighted by atomic mass is 16.6. The molecular weight excluding hydrogens is 432 g/mol. The number of anilines is 3. The maximum atomic E-state index is 13.1. The fourth-order valence-corrected chi connectivity index (χ4v) is 4.02. The van der Waals surface area contributed by atoms with Crippen molar-refractivity contribution in [2.45, 2.75) is 0 Å². The average molecular weight is 456 g/mol. The smallest absolute Gasteiger partial charge is 0.294 e. The molecule has 12 nitrogen and oxygen atoms in total.